The zero-order chi connectivity index (χ0) is 19.1. The Morgan fingerprint density at radius 2 is 1.96 bits per heavy atom. The van der Waals surface area contributed by atoms with E-state index in [2.05, 4.69) is 4.98 Å². The minimum Gasteiger partial charge on any atom is -0.487 e. The molecule has 0 aliphatic carbocycles. The number of hydrogen-bond acceptors (Lipinski definition) is 6. The number of sulfonamides is 1. The third kappa shape index (κ3) is 3.29. The molecule has 0 radical (unpaired) electrons. The molecule has 10 heteroatoms. The molecule has 3 rings (SSSR count). The fraction of sp³-hybridized carbons (Fsp3) is 0.438. The summed E-state index contributed by atoms with van der Waals surface area (Å²) in [7, 11) is -1.36. The van der Waals surface area contributed by atoms with Crippen LogP contribution < -0.4 is 16.0 Å². The molecule has 2 aromatic heterocycles. The molecule has 1 aliphatic heterocycles. The van der Waals surface area contributed by atoms with Crippen LogP contribution in [0, 0.1) is 6.92 Å². The van der Waals surface area contributed by atoms with E-state index in [-0.39, 0.29) is 19.2 Å². The van der Waals surface area contributed by atoms with E-state index in [1.54, 1.807) is 12.3 Å². The van der Waals surface area contributed by atoms with Crippen LogP contribution in [0.2, 0.25) is 0 Å². The minimum absolute atomic E-state index is 0.127. The topological polar surface area (TPSA) is 103 Å². The lowest BCUT2D eigenvalue weighted by Gasteiger charge is -2.17. The molecule has 26 heavy (non-hydrogen) atoms. The molecule has 0 bridgehead atoms. The lowest BCUT2D eigenvalue weighted by atomic mass is 10.3. The van der Waals surface area contributed by atoms with Crippen molar-refractivity contribution in [2.24, 2.45) is 14.1 Å². The molecule has 9 nitrogen and oxygen atoms in total. The summed E-state index contributed by atoms with van der Waals surface area (Å²) in [5, 5.41) is 0. The summed E-state index contributed by atoms with van der Waals surface area (Å²) in [6.45, 7) is 2.22. The summed E-state index contributed by atoms with van der Waals surface area (Å²) in [5.74, 6) is 0.567. The molecule has 0 amide bonds. The molecule has 0 unspecified atom stereocenters. The van der Waals surface area contributed by atoms with Gasteiger partial charge in [0, 0.05) is 32.5 Å². The predicted octanol–water partition coefficient (Wildman–Crippen LogP) is -0.371. The molecule has 1 fully saturated rings. The van der Waals surface area contributed by atoms with Crippen molar-refractivity contribution in [1.29, 1.82) is 0 Å². The van der Waals surface area contributed by atoms with Crippen LogP contribution in [-0.4, -0.2) is 46.0 Å². The van der Waals surface area contributed by atoms with Gasteiger partial charge in [-0.2, -0.15) is 4.31 Å². The highest BCUT2D eigenvalue weighted by molar-refractivity contribution is 7.89. The molecule has 1 saturated heterocycles. The van der Waals surface area contributed by atoms with Gasteiger partial charge in [0.15, 0.2) is 4.90 Å². The summed E-state index contributed by atoms with van der Waals surface area (Å²) in [6, 6.07) is 3.59. The molecule has 0 saturated carbocycles. The Balaban J connectivity index is 1.83. The van der Waals surface area contributed by atoms with Gasteiger partial charge in [0.2, 0.25) is 10.0 Å². The van der Waals surface area contributed by atoms with Gasteiger partial charge in [0.1, 0.15) is 11.9 Å². The molecule has 2 aromatic rings. The van der Waals surface area contributed by atoms with Crippen LogP contribution in [0.25, 0.3) is 0 Å². The maximum Gasteiger partial charge on any atom is 0.330 e. The molecule has 1 aliphatic rings. The van der Waals surface area contributed by atoms with E-state index < -0.39 is 26.2 Å². The Hall–Kier alpha value is -2.46. The van der Waals surface area contributed by atoms with Crippen LogP contribution in [-0.2, 0) is 24.1 Å². The fourth-order valence-electron chi connectivity index (χ4n) is 2.82. The van der Waals surface area contributed by atoms with Crippen molar-refractivity contribution in [1.82, 2.24) is 18.4 Å². The first-order valence-electron chi connectivity index (χ1n) is 8.06. The standard InChI is InChI=1S/C16H20N4O5S/c1-11-4-5-12(8-17-11)25-13-6-7-20(9-13)26(23,24)14-10-18(2)16(22)19(3)15(14)21/h4-5,8,10,13H,6-7,9H2,1-3H3/t13-/m0/s1. The van der Waals surface area contributed by atoms with Crippen molar-refractivity contribution in [2.75, 3.05) is 13.1 Å². The SMILES string of the molecule is Cc1ccc(O[C@H]2CCN(S(=O)(=O)c3cn(C)c(=O)n(C)c3=O)C2)cn1. The Morgan fingerprint density at radius 3 is 2.62 bits per heavy atom. The zero-order valence-electron chi connectivity index (χ0n) is 14.7. The average Bonchev–Trinajstić information content (AvgIpc) is 3.07. The number of hydrogen-bond donors (Lipinski definition) is 0. The Labute approximate surface area is 150 Å². The molecular formula is C16H20N4O5S. The van der Waals surface area contributed by atoms with Crippen LogP contribution in [0.1, 0.15) is 12.1 Å². The van der Waals surface area contributed by atoms with Gasteiger partial charge < -0.3 is 9.30 Å². The molecule has 0 N–H and O–H groups in total. The second kappa shape index (κ2) is 6.69. The second-order valence-corrected chi connectivity index (χ2v) is 8.18. The number of aryl methyl sites for hydroxylation is 2. The summed E-state index contributed by atoms with van der Waals surface area (Å²) in [6.07, 6.45) is 2.83. The van der Waals surface area contributed by atoms with E-state index in [4.69, 9.17) is 4.74 Å². The van der Waals surface area contributed by atoms with Crippen LogP contribution in [0.3, 0.4) is 0 Å². The van der Waals surface area contributed by atoms with E-state index >= 15 is 0 Å². The van der Waals surface area contributed by atoms with Gasteiger partial charge >= 0.3 is 5.69 Å². The van der Waals surface area contributed by atoms with Gasteiger partial charge in [-0.1, -0.05) is 0 Å². The second-order valence-electron chi connectivity index (χ2n) is 6.28. The van der Waals surface area contributed by atoms with Gasteiger partial charge in [0.05, 0.1) is 12.7 Å². The third-order valence-corrected chi connectivity index (χ3v) is 6.17. The van der Waals surface area contributed by atoms with Gasteiger partial charge in [-0.15, -0.1) is 0 Å². The monoisotopic (exact) mass is 380 g/mol. The highest BCUT2D eigenvalue weighted by atomic mass is 32.2. The first-order valence-corrected chi connectivity index (χ1v) is 9.50. The van der Waals surface area contributed by atoms with Gasteiger partial charge in [-0.3, -0.25) is 14.3 Å². The maximum atomic E-state index is 12.8. The number of nitrogens with zero attached hydrogens (tertiary/aromatic N) is 4. The number of aromatic nitrogens is 3. The molecule has 140 valence electrons. The normalized spacial score (nSPS) is 18.2. The molecule has 0 spiro atoms. The summed E-state index contributed by atoms with van der Waals surface area (Å²) in [4.78, 5) is 27.7. The van der Waals surface area contributed by atoms with Crippen LogP contribution >= 0.6 is 0 Å². The number of ether oxygens (including phenoxy) is 1. The first kappa shape index (κ1) is 18.3. The van der Waals surface area contributed by atoms with Crippen molar-refractivity contribution in [3.8, 4) is 5.75 Å². The van der Waals surface area contributed by atoms with Crippen molar-refractivity contribution in [2.45, 2.75) is 24.3 Å². The molecule has 3 heterocycles. The van der Waals surface area contributed by atoms with E-state index in [0.29, 0.717) is 12.2 Å². The van der Waals surface area contributed by atoms with Crippen LogP contribution in [0.5, 0.6) is 5.75 Å². The van der Waals surface area contributed by atoms with Gasteiger partial charge in [0.25, 0.3) is 5.56 Å². The molecule has 1 atom stereocenters. The maximum absolute atomic E-state index is 12.8. The lowest BCUT2D eigenvalue weighted by molar-refractivity contribution is 0.214. The van der Waals surface area contributed by atoms with Crippen LogP contribution in [0.4, 0.5) is 0 Å². The Morgan fingerprint density at radius 1 is 1.23 bits per heavy atom. The predicted molar refractivity (Wildman–Crippen MR) is 93.7 cm³/mol. The summed E-state index contributed by atoms with van der Waals surface area (Å²) in [5.41, 5.74) is -0.554. The largest absolute Gasteiger partial charge is 0.487 e. The molecular weight excluding hydrogens is 360 g/mol. The number of rotatable bonds is 4. The van der Waals surface area contributed by atoms with Gasteiger partial charge in [-0.25, -0.2) is 13.2 Å². The van der Waals surface area contributed by atoms with E-state index in [1.807, 2.05) is 13.0 Å². The van der Waals surface area contributed by atoms with Crippen molar-refractivity contribution in [3.05, 3.63) is 51.1 Å². The quantitative estimate of drug-likeness (QED) is 0.717. The van der Waals surface area contributed by atoms with E-state index in [1.165, 1.54) is 18.4 Å². The highest BCUT2D eigenvalue weighted by Gasteiger charge is 2.36. The molecule has 0 aromatic carbocycles. The average molecular weight is 380 g/mol. The fourth-order valence-corrected chi connectivity index (χ4v) is 4.46. The first-order chi connectivity index (χ1) is 12.2. The smallest absolute Gasteiger partial charge is 0.330 e. The van der Waals surface area contributed by atoms with E-state index in [9.17, 15) is 18.0 Å². The van der Waals surface area contributed by atoms with Crippen molar-refractivity contribution < 1.29 is 13.2 Å². The minimum atomic E-state index is -4.02. The van der Waals surface area contributed by atoms with Crippen molar-refractivity contribution >= 4 is 10.0 Å². The Kier molecular flexibility index (Phi) is 4.72. The highest BCUT2D eigenvalue weighted by Crippen LogP contribution is 2.22. The van der Waals surface area contributed by atoms with Crippen LogP contribution in [0.15, 0.2) is 39.0 Å². The number of pyridine rings is 1. The van der Waals surface area contributed by atoms with E-state index in [0.717, 1.165) is 21.0 Å². The third-order valence-electron chi connectivity index (χ3n) is 4.33. The lowest BCUT2D eigenvalue weighted by Crippen LogP contribution is -2.42. The summed E-state index contributed by atoms with van der Waals surface area (Å²) < 4.78 is 34.5. The zero-order valence-corrected chi connectivity index (χ0v) is 15.6. The summed E-state index contributed by atoms with van der Waals surface area (Å²) >= 11 is 0. The Bertz CT molecular complexity index is 1040. The van der Waals surface area contributed by atoms with Crippen molar-refractivity contribution in [3.63, 3.8) is 0 Å². The van der Waals surface area contributed by atoms with Gasteiger partial charge in [-0.05, 0) is 25.5 Å².